The first kappa shape index (κ1) is 14.9. The molecule has 0 bridgehead atoms. The molecule has 18 heavy (non-hydrogen) atoms. The minimum absolute atomic E-state index is 0.163. The van der Waals surface area contributed by atoms with E-state index in [0.717, 1.165) is 9.13 Å². The third-order valence-corrected chi connectivity index (χ3v) is 3.18. The smallest absolute Gasteiger partial charge is 0.240 e. The van der Waals surface area contributed by atoms with Crippen molar-refractivity contribution in [3.8, 4) is 0 Å². The van der Waals surface area contributed by atoms with Gasteiger partial charge >= 0.3 is 0 Å². The Kier molecular flexibility index (Phi) is 5.58. The maximum atomic E-state index is 11.6. The van der Waals surface area contributed by atoms with Gasteiger partial charge in [0.2, 0.25) is 11.8 Å². The van der Waals surface area contributed by atoms with E-state index >= 15 is 0 Å². The number of carbonyl (C=O) groups is 2. The molecule has 3 N–H and O–H groups in total. The normalized spacial score (nSPS) is 12.2. The van der Waals surface area contributed by atoms with Crippen molar-refractivity contribution in [1.29, 1.82) is 0 Å². The summed E-state index contributed by atoms with van der Waals surface area (Å²) in [6.45, 7) is 3.55. The molecule has 0 unspecified atom stereocenters. The van der Waals surface area contributed by atoms with Crippen LogP contribution >= 0.6 is 22.6 Å². The van der Waals surface area contributed by atoms with Crippen LogP contribution in [0.1, 0.15) is 19.4 Å². The van der Waals surface area contributed by atoms with Crippen LogP contribution < -0.4 is 11.1 Å². The number of halogens is 1. The molecule has 98 valence electrons. The molecule has 0 saturated heterocycles. The summed E-state index contributed by atoms with van der Waals surface area (Å²) in [7, 11) is 0. The van der Waals surface area contributed by atoms with Gasteiger partial charge in [0.05, 0.1) is 0 Å². The van der Waals surface area contributed by atoms with Crippen molar-refractivity contribution in [2.75, 3.05) is 0 Å². The lowest BCUT2D eigenvalue weighted by atomic mass is 10.0. The van der Waals surface area contributed by atoms with Crippen molar-refractivity contribution >= 4 is 34.4 Å². The molecule has 0 aliphatic rings. The highest BCUT2D eigenvalue weighted by Gasteiger charge is 2.19. The fraction of sp³-hybridized carbons (Fsp3) is 0.385. The Morgan fingerprint density at radius 2 is 2.06 bits per heavy atom. The van der Waals surface area contributed by atoms with Gasteiger partial charge in [0.25, 0.3) is 0 Å². The highest BCUT2D eigenvalue weighted by Crippen LogP contribution is 2.10. The number of carbonyl (C=O) groups excluding carboxylic acids is 2. The Balaban J connectivity index is 2.75. The molecule has 0 aliphatic heterocycles. The van der Waals surface area contributed by atoms with Crippen LogP contribution in [0.15, 0.2) is 24.3 Å². The van der Waals surface area contributed by atoms with E-state index in [0.29, 0.717) is 6.42 Å². The second kappa shape index (κ2) is 6.72. The fourth-order valence-electron chi connectivity index (χ4n) is 1.46. The van der Waals surface area contributed by atoms with Crippen LogP contribution in [0.3, 0.4) is 0 Å². The van der Waals surface area contributed by atoms with Gasteiger partial charge in [0, 0.05) is 15.9 Å². The molecule has 1 rings (SSSR count). The van der Waals surface area contributed by atoms with Gasteiger partial charge in [-0.2, -0.15) is 0 Å². The van der Waals surface area contributed by atoms with Crippen LogP contribution in [0.4, 0.5) is 0 Å². The molecule has 0 spiro atoms. The first-order valence-electron chi connectivity index (χ1n) is 5.74. The third kappa shape index (κ3) is 4.64. The van der Waals surface area contributed by atoms with Crippen molar-refractivity contribution < 1.29 is 9.59 Å². The molecule has 1 atom stereocenters. The lowest BCUT2D eigenvalue weighted by molar-refractivity contribution is -0.129. The fourth-order valence-corrected chi connectivity index (χ4v) is 2.07. The molecule has 0 aliphatic carbocycles. The Labute approximate surface area is 120 Å². The first-order chi connectivity index (χ1) is 8.40. The van der Waals surface area contributed by atoms with Gasteiger partial charge < -0.3 is 11.1 Å². The molecule has 0 fully saturated rings. The second-order valence-electron chi connectivity index (χ2n) is 4.45. The van der Waals surface area contributed by atoms with Gasteiger partial charge in [-0.3, -0.25) is 9.59 Å². The van der Waals surface area contributed by atoms with Gasteiger partial charge in [0.15, 0.2) is 0 Å². The van der Waals surface area contributed by atoms with Gasteiger partial charge in [-0.05, 0) is 40.3 Å². The van der Waals surface area contributed by atoms with E-state index in [9.17, 15) is 9.59 Å². The van der Waals surface area contributed by atoms with Crippen molar-refractivity contribution in [1.82, 2.24) is 5.32 Å². The molecule has 5 heteroatoms. The molecule has 1 aromatic rings. The summed E-state index contributed by atoms with van der Waals surface area (Å²) in [4.78, 5) is 22.9. The summed E-state index contributed by atoms with van der Waals surface area (Å²) in [6.07, 6.45) is 0.421. The monoisotopic (exact) mass is 360 g/mol. The Bertz CT molecular complexity index is 446. The van der Waals surface area contributed by atoms with Crippen molar-refractivity contribution in [3.63, 3.8) is 0 Å². The van der Waals surface area contributed by atoms with E-state index in [1.54, 1.807) is 13.8 Å². The van der Waals surface area contributed by atoms with Crippen LogP contribution in [0.2, 0.25) is 0 Å². The van der Waals surface area contributed by atoms with E-state index in [1.165, 1.54) is 0 Å². The zero-order valence-corrected chi connectivity index (χ0v) is 12.6. The molecular weight excluding hydrogens is 343 g/mol. The van der Waals surface area contributed by atoms with Crippen LogP contribution in [0.25, 0.3) is 0 Å². The molecule has 0 saturated carbocycles. The standard InChI is InChI=1S/C13H17IN2O2/c1-8(2)13(18)16-11(12(15)17)7-9-4-3-5-10(14)6-9/h3-6,8,11H,7H2,1-2H3,(H2,15,17)(H,16,18)/t11-/m0/s1. The van der Waals surface area contributed by atoms with Crippen LogP contribution in [0.5, 0.6) is 0 Å². The minimum atomic E-state index is -0.655. The number of nitrogens with two attached hydrogens (primary N) is 1. The van der Waals surface area contributed by atoms with E-state index in [2.05, 4.69) is 27.9 Å². The van der Waals surface area contributed by atoms with Crippen LogP contribution in [-0.4, -0.2) is 17.9 Å². The lowest BCUT2D eigenvalue weighted by Crippen LogP contribution is -2.47. The van der Waals surface area contributed by atoms with Crippen LogP contribution in [0, 0.1) is 9.49 Å². The largest absolute Gasteiger partial charge is 0.368 e. The number of hydrogen-bond donors (Lipinski definition) is 2. The quantitative estimate of drug-likeness (QED) is 0.781. The summed E-state index contributed by atoms with van der Waals surface area (Å²) in [5.41, 5.74) is 6.30. The first-order valence-corrected chi connectivity index (χ1v) is 6.82. The molecular formula is C13H17IN2O2. The molecule has 4 nitrogen and oxygen atoms in total. The number of benzene rings is 1. The number of amides is 2. The van der Waals surface area contributed by atoms with E-state index < -0.39 is 11.9 Å². The molecule has 0 aromatic heterocycles. The number of nitrogens with one attached hydrogen (secondary N) is 1. The molecule has 2 amide bonds. The minimum Gasteiger partial charge on any atom is -0.368 e. The van der Waals surface area contributed by atoms with E-state index in [1.807, 2.05) is 24.3 Å². The predicted molar refractivity (Wildman–Crippen MR) is 78.8 cm³/mol. The molecule has 0 radical (unpaired) electrons. The zero-order chi connectivity index (χ0) is 13.7. The summed E-state index contributed by atoms with van der Waals surface area (Å²) >= 11 is 2.20. The summed E-state index contributed by atoms with van der Waals surface area (Å²) < 4.78 is 1.09. The van der Waals surface area contributed by atoms with Gasteiger partial charge in [-0.25, -0.2) is 0 Å². The molecule has 1 aromatic carbocycles. The second-order valence-corrected chi connectivity index (χ2v) is 5.70. The average Bonchev–Trinajstić information content (AvgIpc) is 2.27. The summed E-state index contributed by atoms with van der Waals surface area (Å²) in [6, 6.07) is 7.12. The highest BCUT2D eigenvalue weighted by molar-refractivity contribution is 14.1. The maximum Gasteiger partial charge on any atom is 0.240 e. The number of rotatable bonds is 5. The predicted octanol–water partition coefficient (Wildman–Crippen LogP) is 1.46. The van der Waals surface area contributed by atoms with Gasteiger partial charge in [0.1, 0.15) is 6.04 Å². The van der Waals surface area contributed by atoms with E-state index in [4.69, 9.17) is 5.73 Å². The van der Waals surface area contributed by atoms with E-state index in [-0.39, 0.29) is 11.8 Å². The Morgan fingerprint density at radius 3 is 2.56 bits per heavy atom. The number of primary amides is 1. The lowest BCUT2D eigenvalue weighted by Gasteiger charge is -2.17. The summed E-state index contributed by atoms with van der Waals surface area (Å²) in [5.74, 6) is -0.838. The van der Waals surface area contributed by atoms with Crippen molar-refractivity contribution in [3.05, 3.63) is 33.4 Å². The SMILES string of the molecule is CC(C)C(=O)N[C@@H](Cc1cccc(I)c1)C(N)=O. The van der Waals surface area contributed by atoms with Crippen LogP contribution in [-0.2, 0) is 16.0 Å². The third-order valence-electron chi connectivity index (χ3n) is 2.51. The highest BCUT2D eigenvalue weighted by atomic mass is 127. The van der Waals surface area contributed by atoms with Gasteiger partial charge in [-0.1, -0.05) is 26.0 Å². The zero-order valence-electron chi connectivity index (χ0n) is 10.4. The average molecular weight is 360 g/mol. The summed E-state index contributed by atoms with van der Waals surface area (Å²) in [5, 5.41) is 2.67. The Morgan fingerprint density at radius 1 is 1.39 bits per heavy atom. The molecule has 0 heterocycles. The Hall–Kier alpha value is -1.11. The van der Waals surface area contributed by atoms with Crippen molar-refractivity contribution in [2.45, 2.75) is 26.3 Å². The van der Waals surface area contributed by atoms with Crippen molar-refractivity contribution in [2.24, 2.45) is 11.7 Å². The maximum absolute atomic E-state index is 11.6. The topological polar surface area (TPSA) is 72.2 Å². The van der Waals surface area contributed by atoms with Gasteiger partial charge in [-0.15, -0.1) is 0 Å². The number of hydrogen-bond acceptors (Lipinski definition) is 2.